The van der Waals surface area contributed by atoms with E-state index in [-0.39, 0.29) is 6.61 Å². The number of hydrogen-bond donors (Lipinski definition) is 2. The third-order valence-electron chi connectivity index (χ3n) is 2.76. The molecule has 19 heavy (non-hydrogen) atoms. The van der Waals surface area contributed by atoms with E-state index in [9.17, 15) is 0 Å². The number of aliphatic hydroxyl groups excluding tert-OH is 1. The van der Waals surface area contributed by atoms with Gasteiger partial charge in [0.15, 0.2) is 0 Å². The van der Waals surface area contributed by atoms with Crippen LogP contribution in [0.2, 0.25) is 0 Å². The highest BCUT2D eigenvalue weighted by Gasteiger charge is 1.98. The van der Waals surface area contributed by atoms with E-state index in [2.05, 4.69) is 15.3 Å². The van der Waals surface area contributed by atoms with Gasteiger partial charge in [0.25, 0.3) is 0 Å². The highest BCUT2D eigenvalue weighted by atomic mass is 16.5. The molecule has 0 fully saturated rings. The predicted octanol–water partition coefficient (Wildman–Crippen LogP) is 1.37. The van der Waals surface area contributed by atoms with Crippen LogP contribution in [0.25, 0.3) is 10.9 Å². The number of ether oxygens (including phenoxy) is 1. The second kappa shape index (κ2) is 7.66. The molecule has 5 heteroatoms. The molecule has 0 radical (unpaired) electrons. The molecule has 0 aliphatic heterocycles. The van der Waals surface area contributed by atoms with Crippen molar-refractivity contribution in [3.05, 3.63) is 30.7 Å². The Morgan fingerprint density at radius 2 is 2.11 bits per heavy atom. The first-order valence-electron chi connectivity index (χ1n) is 6.54. The topological polar surface area (TPSA) is 67.3 Å². The molecule has 0 atom stereocenters. The van der Waals surface area contributed by atoms with Gasteiger partial charge >= 0.3 is 0 Å². The zero-order valence-electron chi connectivity index (χ0n) is 10.9. The summed E-state index contributed by atoms with van der Waals surface area (Å²) in [7, 11) is 0. The summed E-state index contributed by atoms with van der Waals surface area (Å²) in [6.45, 7) is 2.66. The van der Waals surface area contributed by atoms with E-state index < -0.39 is 0 Å². The van der Waals surface area contributed by atoms with Gasteiger partial charge in [-0.1, -0.05) is 0 Å². The Morgan fingerprint density at radius 1 is 1.21 bits per heavy atom. The minimum atomic E-state index is 0.239. The van der Waals surface area contributed by atoms with E-state index in [1.165, 1.54) is 6.33 Å². The van der Waals surface area contributed by atoms with Crippen molar-refractivity contribution in [2.24, 2.45) is 0 Å². The molecule has 1 heterocycles. The smallest absolute Gasteiger partial charge is 0.121 e. The van der Waals surface area contributed by atoms with Gasteiger partial charge in [-0.05, 0) is 38.1 Å². The maximum atomic E-state index is 8.63. The molecular weight excluding hydrogens is 242 g/mol. The summed E-state index contributed by atoms with van der Waals surface area (Å²) in [5.41, 5.74) is 0.897. The molecule has 0 bridgehead atoms. The second-order valence-corrected chi connectivity index (χ2v) is 4.27. The molecule has 0 saturated heterocycles. The molecule has 2 rings (SSSR count). The Balaban J connectivity index is 1.72. The van der Waals surface area contributed by atoms with Crippen LogP contribution in [0, 0.1) is 0 Å². The van der Waals surface area contributed by atoms with Gasteiger partial charge < -0.3 is 15.2 Å². The third-order valence-corrected chi connectivity index (χ3v) is 2.76. The highest BCUT2D eigenvalue weighted by molar-refractivity contribution is 5.78. The van der Waals surface area contributed by atoms with Crippen LogP contribution < -0.4 is 10.1 Å². The SMILES string of the molecule is OCCCNCCCOc1ccc2cncnc2c1. The van der Waals surface area contributed by atoms with Gasteiger partial charge in [-0.25, -0.2) is 9.97 Å². The molecule has 2 aromatic rings. The van der Waals surface area contributed by atoms with E-state index in [1.807, 2.05) is 18.2 Å². The lowest BCUT2D eigenvalue weighted by Crippen LogP contribution is -2.19. The number of nitrogens with zero attached hydrogens (tertiary/aromatic N) is 2. The molecule has 102 valence electrons. The summed E-state index contributed by atoms with van der Waals surface area (Å²) in [5, 5.41) is 12.9. The zero-order valence-corrected chi connectivity index (χ0v) is 10.9. The van der Waals surface area contributed by atoms with E-state index in [0.29, 0.717) is 6.61 Å². The summed E-state index contributed by atoms with van der Waals surface area (Å²) in [4.78, 5) is 8.17. The lowest BCUT2D eigenvalue weighted by atomic mass is 10.2. The largest absolute Gasteiger partial charge is 0.493 e. The molecule has 1 aromatic carbocycles. The first-order valence-corrected chi connectivity index (χ1v) is 6.54. The minimum absolute atomic E-state index is 0.239. The van der Waals surface area contributed by atoms with Crippen molar-refractivity contribution in [1.82, 2.24) is 15.3 Å². The van der Waals surface area contributed by atoms with Crippen molar-refractivity contribution in [2.75, 3.05) is 26.3 Å². The summed E-state index contributed by atoms with van der Waals surface area (Å²) >= 11 is 0. The maximum Gasteiger partial charge on any atom is 0.121 e. The van der Waals surface area contributed by atoms with Gasteiger partial charge in [0, 0.05) is 24.3 Å². The third kappa shape index (κ3) is 4.46. The van der Waals surface area contributed by atoms with Crippen molar-refractivity contribution in [1.29, 1.82) is 0 Å². The Labute approximate surface area is 112 Å². The monoisotopic (exact) mass is 261 g/mol. The summed E-state index contributed by atoms with van der Waals surface area (Å²) < 4.78 is 5.67. The number of aromatic nitrogens is 2. The normalized spacial score (nSPS) is 10.8. The van der Waals surface area contributed by atoms with Crippen LogP contribution in [-0.2, 0) is 0 Å². The van der Waals surface area contributed by atoms with Crippen molar-refractivity contribution in [3.8, 4) is 5.75 Å². The van der Waals surface area contributed by atoms with Crippen molar-refractivity contribution >= 4 is 10.9 Å². The van der Waals surface area contributed by atoms with Gasteiger partial charge in [0.1, 0.15) is 12.1 Å². The number of aliphatic hydroxyl groups is 1. The number of fused-ring (bicyclic) bond motifs is 1. The first-order chi connectivity index (χ1) is 9.40. The molecule has 0 aliphatic carbocycles. The molecule has 0 spiro atoms. The van der Waals surface area contributed by atoms with Crippen molar-refractivity contribution < 1.29 is 9.84 Å². The Morgan fingerprint density at radius 3 is 3.00 bits per heavy atom. The van der Waals surface area contributed by atoms with Crippen LogP contribution in [0.1, 0.15) is 12.8 Å². The molecule has 2 N–H and O–H groups in total. The molecule has 0 unspecified atom stereocenters. The molecule has 0 amide bonds. The van der Waals surface area contributed by atoms with Gasteiger partial charge in [0.2, 0.25) is 0 Å². The van der Waals surface area contributed by atoms with Crippen LogP contribution >= 0.6 is 0 Å². The van der Waals surface area contributed by atoms with Crippen LogP contribution in [-0.4, -0.2) is 41.4 Å². The fraction of sp³-hybridized carbons (Fsp3) is 0.429. The van der Waals surface area contributed by atoms with Crippen molar-refractivity contribution in [2.45, 2.75) is 12.8 Å². The van der Waals surface area contributed by atoms with E-state index in [0.717, 1.165) is 42.6 Å². The van der Waals surface area contributed by atoms with E-state index >= 15 is 0 Å². The van der Waals surface area contributed by atoms with Crippen LogP contribution in [0.3, 0.4) is 0 Å². The molecule has 1 aromatic heterocycles. The van der Waals surface area contributed by atoms with E-state index in [1.54, 1.807) is 6.20 Å². The number of benzene rings is 1. The fourth-order valence-electron chi connectivity index (χ4n) is 1.76. The number of nitrogens with one attached hydrogen (secondary N) is 1. The zero-order chi connectivity index (χ0) is 13.3. The second-order valence-electron chi connectivity index (χ2n) is 4.27. The fourth-order valence-corrected chi connectivity index (χ4v) is 1.76. The lowest BCUT2D eigenvalue weighted by molar-refractivity contribution is 0.282. The van der Waals surface area contributed by atoms with E-state index in [4.69, 9.17) is 9.84 Å². The summed E-state index contributed by atoms with van der Waals surface area (Å²) in [5.74, 6) is 0.835. The van der Waals surface area contributed by atoms with Crippen LogP contribution in [0.5, 0.6) is 5.75 Å². The number of hydrogen-bond acceptors (Lipinski definition) is 5. The van der Waals surface area contributed by atoms with Gasteiger partial charge in [0.05, 0.1) is 12.1 Å². The Hall–Kier alpha value is -1.72. The molecule has 0 aliphatic rings. The minimum Gasteiger partial charge on any atom is -0.493 e. The standard InChI is InChI=1S/C14H19N3O2/c18-7-1-5-15-6-2-8-19-13-4-3-12-10-16-11-17-14(12)9-13/h3-4,9-11,15,18H,1-2,5-8H2. The maximum absolute atomic E-state index is 8.63. The quantitative estimate of drug-likeness (QED) is 0.703. The average molecular weight is 261 g/mol. The van der Waals surface area contributed by atoms with Gasteiger partial charge in [-0.2, -0.15) is 0 Å². The molecule has 5 nitrogen and oxygen atoms in total. The molecule has 0 saturated carbocycles. The van der Waals surface area contributed by atoms with Crippen LogP contribution in [0.4, 0.5) is 0 Å². The highest BCUT2D eigenvalue weighted by Crippen LogP contribution is 2.17. The van der Waals surface area contributed by atoms with Crippen molar-refractivity contribution in [3.63, 3.8) is 0 Å². The molecular formula is C14H19N3O2. The van der Waals surface area contributed by atoms with Gasteiger partial charge in [-0.3, -0.25) is 0 Å². The number of rotatable bonds is 8. The Kier molecular flexibility index (Phi) is 5.52. The van der Waals surface area contributed by atoms with Gasteiger partial charge in [-0.15, -0.1) is 0 Å². The predicted molar refractivity (Wildman–Crippen MR) is 74.2 cm³/mol. The average Bonchev–Trinajstić information content (AvgIpc) is 2.46. The lowest BCUT2D eigenvalue weighted by Gasteiger charge is -2.07. The first kappa shape index (κ1) is 13.7. The summed E-state index contributed by atoms with van der Waals surface area (Å²) in [6.07, 6.45) is 5.06. The Bertz CT molecular complexity index is 505. The van der Waals surface area contributed by atoms with Crippen LogP contribution in [0.15, 0.2) is 30.7 Å². The summed E-state index contributed by atoms with van der Waals surface area (Å²) in [6, 6.07) is 5.82.